The summed E-state index contributed by atoms with van der Waals surface area (Å²) < 4.78 is 18.4. The van der Waals surface area contributed by atoms with Gasteiger partial charge in [-0.05, 0) is 155 Å². The third kappa shape index (κ3) is 10.9. The summed E-state index contributed by atoms with van der Waals surface area (Å²) in [5.74, 6) is 2.02. The monoisotopic (exact) mass is 1050 g/mol. The number of hydrogen-bond donors (Lipinski definition) is 1. The van der Waals surface area contributed by atoms with E-state index in [4.69, 9.17) is 37.4 Å². The van der Waals surface area contributed by atoms with Crippen LogP contribution >= 0.6 is 23.2 Å². The second-order valence-corrected chi connectivity index (χ2v) is 23.4. The lowest BCUT2D eigenvalue weighted by Gasteiger charge is -2.44. The molecule has 6 heterocycles. The van der Waals surface area contributed by atoms with Crippen molar-refractivity contribution >= 4 is 74.0 Å². The molecule has 0 radical (unpaired) electrons. The summed E-state index contributed by atoms with van der Waals surface area (Å²) in [7, 11) is 0. The largest absolute Gasteiger partial charge is 0.477 e. The lowest BCUT2D eigenvalue weighted by Crippen LogP contribution is -2.58. The number of fused-ring (bicyclic) bond motifs is 4. The van der Waals surface area contributed by atoms with Crippen molar-refractivity contribution < 1.29 is 28.6 Å². The first-order chi connectivity index (χ1) is 36.1. The van der Waals surface area contributed by atoms with Gasteiger partial charge in [0.1, 0.15) is 17.1 Å². The Labute approximate surface area is 450 Å². The Balaban J connectivity index is 0.000000163. The number of nitrogens with one attached hydrogen (secondary N) is 1. The van der Waals surface area contributed by atoms with E-state index in [1.54, 1.807) is 4.90 Å². The van der Waals surface area contributed by atoms with E-state index in [-0.39, 0.29) is 23.8 Å². The smallest absolute Gasteiger partial charge is 0.410 e. The predicted molar refractivity (Wildman–Crippen MR) is 301 cm³/mol. The van der Waals surface area contributed by atoms with Crippen LogP contribution in [-0.4, -0.2) is 129 Å². The van der Waals surface area contributed by atoms with Crippen LogP contribution in [0.1, 0.15) is 57.6 Å². The molecule has 2 unspecified atom stereocenters. The molecular weight excluding hydrogens is 984 g/mol. The Bertz CT molecular complexity index is 3160. The van der Waals surface area contributed by atoms with E-state index in [1.807, 2.05) is 67.0 Å². The van der Waals surface area contributed by atoms with Crippen molar-refractivity contribution in [2.75, 3.05) is 88.3 Å². The van der Waals surface area contributed by atoms with Crippen LogP contribution in [0.2, 0.25) is 10.0 Å². The van der Waals surface area contributed by atoms with Crippen molar-refractivity contribution in [3.63, 3.8) is 0 Å². The van der Waals surface area contributed by atoms with Gasteiger partial charge >= 0.3 is 6.09 Å². The van der Waals surface area contributed by atoms with E-state index in [9.17, 15) is 14.4 Å². The Kier molecular flexibility index (Phi) is 14.5. The van der Waals surface area contributed by atoms with Crippen molar-refractivity contribution in [2.45, 2.75) is 78.1 Å². The van der Waals surface area contributed by atoms with Crippen LogP contribution in [0.25, 0.3) is 43.8 Å². The summed E-state index contributed by atoms with van der Waals surface area (Å²) in [6.45, 7) is 19.2. The van der Waals surface area contributed by atoms with E-state index in [0.29, 0.717) is 66.7 Å². The number of amides is 3. The van der Waals surface area contributed by atoms with Crippen molar-refractivity contribution in [1.82, 2.24) is 20.0 Å². The van der Waals surface area contributed by atoms with Crippen LogP contribution in [0, 0.1) is 25.7 Å². The standard InChI is InChI=1S/C33H38ClN3O4.C28H30ClN3O2/c1-21-13-23-9-5-6-10-24(23)25(14-21)26-15-29-28(16-27(26)34)37(31(38)30(40-29)20-35-11-7-8-12-35)19-22-17-36(18-22)32(39)41-33(2,3)4;1-18-10-20-6-2-3-7-21(20)22(11-18)23-12-26-25(13-24(23)29)32(16-19-14-30-15-19)28(33)27(34-26)17-31-8-4-5-9-31/h5-6,9-10,13-16,22,30H,7-8,11-12,17-20H2,1-4H3;2-3,6-7,10-13,19,27,30H,4-5,8-9,14-17H2,1H3. The van der Waals surface area contributed by atoms with E-state index < -0.39 is 17.8 Å². The highest BCUT2D eigenvalue weighted by Gasteiger charge is 2.42. The van der Waals surface area contributed by atoms with Gasteiger partial charge in [0.05, 0.1) is 21.4 Å². The lowest BCUT2D eigenvalue weighted by atomic mass is 9.94. The summed E-state index contributed by atoms with van der Waals surface area (Å²) >= 11 is 13.9. The maximum Gasteiger partial charge on any atom is 0.410 e. The van der Waals surface area contributed by atoms with Crippen molar-refractivity contribution in [3.05, 3.63) is 118 Å². The molecule has 0 bridgehead atoms. The fraction of sp³-hybridized carbons (Fsp3) is 0.426. The minimum absolute atomic E-state index is 0.0510. The summed E-state index contributed by atoms with van der Waals surface area (Å²) in [5, 5.41) is 9.15. The molecule has 6 aliphatic heterocycles. The number of carbonyl (C=O) groups excluding carboxylic acids is 3. The Morgan fingerprint density at radius 2 is 1.04 bits per heavy atom. The zero-order chi connectivity index (χ0) is 52.1. The highest BCUT2D eigenvalue weighted by molar-refractivity contribution is 6.35. The normalized spacial score (nSPS) is 20.3. The van der Waals surface area contributed by atoms with E-state index in [2.05, 4.69) is 89.6 Å². The van der Waals surface area contributed by atoms with Crippen molar-refractivity contribution in [1.29, 1.82) is 0 Å². The predicted octanol–water partition coefficient (Wildman–Crippen LogP) is 11.4. The molecule has 0 spiro atoms. The Morgan fingerprint density at radius 3 is 1.47 bits per heavy atom. The fourth-order valence-corrected chi connectivity index (χ4v) is 12.1. The van der Waals surface area contributed by atoms with Gasteiger partial charge in [-0.3, -0.25) is 19.4 Å². The molecule has 4 saturated heterocycles. The summed E-state index contributed by atoms with van der Waals surface area (Å²) in [6.07, 6.45) is 3.28. The molecule has 0 saturated carbocycles. The number of nitrogens with zero attached hydrogens (tertiary/aromatic N) is 5. The number of hydrogen-bond acceptors (Lipinski definition) is 9. The quantitative estimate of drug-likeness (QED) is 0.144. The molecule has 6 aromatic rings. The second kappa shape index (κ2) is 21.3. The first kappa shape index (κ1) is 51.2. The van der Waals surface area contributed by atoms with Crippen LogP contribution in [-0.2, 0) is 14.3 Å². The number of aryl methyl sites for hydroxylation is 2. The van der Waals surface area contributed by atoms with Gasteiger partial charge in [0, 0.05) is 75.3 Å². The van der Waals surface area contributed by atoms with Crippen LogP contribution in [0.3, 0.4) is 0 Å². The molecule has 1 N–H and O–H groups in total. The van der Waals surface area contributed by atoms with Gasteiger partial charge in [-0.15, -0.1) is 0 Å². The minimum Gasteiger partial charge on any atom is -0.477 e. The molecule has 3 amide bonds. The molecule has 14 heteroatoms. The second-order valence-electron chi connectivity index (χ2n) is 22.6. The molecule has 6 aliphatic rings. The van der Waals surface area contributed by atoms with Gasteiger partial charge in [0.25, 0.3) is 11.8 Å². The summed E-state index contributed by atoms with van der Waals surface area (Å²) in [4.78, 5) is 50.0. The number of likely N-dealkylation sites (tertiary alicyclic amines) is 3. The van der Waals surface area contributed by atoms with Crippen molar-refractivity contribution in [3.8, 4) is 33.8 Å². The van der Waals surface area contributed by atoms with Gasteiger partial charge < -0.3 is 34.2 Å². The van der Waals surface area contributed by atoms with Gasteiger partial charge in [-0.2, -0.15) is 0 Å². The van der Waals surface area contributed by atoms with Gasteiger partial charge in [0.2, 0.25) is 0 Å². The molecule has 4 fully saturated rings. The average Bonchev–Trinajstić information content (AvgIpc) is 4.07. The zero-order valence-electron chi connectivity index (χ0n) is 43.8. The molecule has 75 heavy (non-hydrogen) atoms. The number of rotatable bonds is 10. The molecular formula is C61H68Cl2N6O6. The number of ether oxygens (including phenoxy) is 3. The van der Waals surface area contributed by atoms with Crippen LogP contribution in [0.4, 0.5) is 16.2 Å². The number of anilines is 2. The third-order valence-corrected chi connectivity index (χ3v) is 16.1. The van der Waals surface area contributed by atoms with E-state index in [1.165, 1.54) is 23.8 Å². The number of benzene rings is 6. The molecule has 12 nitrogen and oxygen atoms in total. The van der Waals surface area contributed by atoms with E-state index in [0.717, 1.165) is 108 Å². The molecule has 0 aromatic heterocycles. The minimum atomic E-state index is -0.592. The topological polar surface area (TPSA) is 107 Å². The molecule has 12 rings (SSSR count). The Hall–Kier alpha value is -5.89. The number of carbonyl (C=O) groups is 3. The highest BCUT2D eigenvalue weighted by atomic mass is 35.5. The summed E-state index contributed by atoms with van der Waals surface area (Å²) in [6, 6.07) is 33.3. The van der Waals surface area contributed by atoms with Gasteiger partial charge in [0.15, 0.2) is 12.2 Å². The summed E-state index contributed by atoms with van der Waals surface area (Å²) in [5.41, 5.74) is 7.24. The van der Waals surface area contributed by atoms with Crippen LogP contribution < -0.4 is 24.6 Å². The molecule has 0 aliphatic carbocycles. The molecule has 392 valence electrons. The van der Waals surface area contributed by atoms with Crippen molar-refractivity contribution in [2.24, 2.45) is 11.8 Å². The van der Waals surface area contributed by atoms with E-state index >= 15 is 0 Å². The maximum atomic E-state index is 13.9. The molecule has 6 aromatic carbocycles. The molecule has 2 atom stereocenters. The number of halogens is 2. The zero-order valence-corrected chi connectivity index (χ0v) is 45.3. The van der Waals surface area contributed by atoms with Crippen LogP contribution in [0.15, 0.2) is 97.1 Å². The Morgan fingerprint density at radius 1 is 0.600 bits per heavy atom. The first-order valence-corrected chi connectivity index (χ1v) is 27.6. The lowest BCUT2D eigenvalue weighted by molar-refractivity contribution is -0.128. The SMILES string of the molecule is Cc1cc(-c2cc3c(cc2Cl)N(CC2CN(C(=O)OC(C)(C)C)C2)C(=O)C(CN2CCCC2)O3)c2ccccc2c1.Cc1cc(-c2cc3c(cc2Cl)N(CC2CNC2)C(=O)C(CN2CCCC2)O3)c2ccccc2c1. The van der Waals surface area contributed by atoms with Gasteiger partial charge in [-0.1, -0.05) is 96.0 Å². The highest BCUT2D eigenvalue weighted by Crippen LogP contribution is 2.46. The maximum absolute atomic E-state index is 13.9. The van der Waals surface area contributed by atoms with Gasteiger partial charge in [-0.25, -0.2) is 4.79 Å². The first-order valence-electron chi connectivity index (χ1n) is 26.9. The third-order valence-electron chi connectivity index (χ3n) is 15.5. The average molecular weight is 1050 g/mol. The van der Waals surface area contributed by atoms with Crippen LogP contribution in [0.5, 0.6) is 11.5 Å². The fourth-order valence-electron chi connectivity index (χ4n) is 11.6.